The third kappa shape index (κ3) is 9.97. The predicted molar refractivity (Wildman–Crippen MR) is 110 cm³/mol. The highest BCUT2D eigenvalue weighted by Crippen LogP contribution is 2.14. The highest BCUT2D eigenvalue weighted by Gasteiger charge is 2.05. The Morgan fingerprint density at radius 2 is 2.00 bits per heavy atom. The second-order valence-electron chi connectivity index (χ2n) is 5.32. The topological polar surface area (TPSA) is 62.7 Å². The van der Waals surface area contributed by atoms with Gasteiger partial charge in [-0.05, 0) is 38.8 Å². The average molecular weight is 468 g/mol. The maximum absolute atomic E-state index is 11.5. The second-order valence-corrected chi connectivity index (χ2v) is 5.72. The Balaban J connectivity index is 0.00000529. The lowest BCUT2D eigenvalue weighted by Gasteiger charge is -2.12. The summed E-state index contributed by atoms with van der Waals surface area (Å²) in [7, 11) is 0. The molecule has 1 aromatic carbocycles. The van der Waals surface area contributed by atoms with E-state index in [1.54, 1.807) is 0 Å². The average Bonchev–Trinajstić information content (AvgIpc) is 2.48. The highest BCUT2D eigenvalue weighted by molar-refractivity contribution is 14.0. The van der Waals surface area contributed by atoms with E-state index >= 15 is 0 Å². The number of aliphatic imine (C=N–C) groups is 1. The third-order valence-corrected chi connectivity index (χ3v) is 3.31. The van der Waals surface area contributed by atoms with Crippen molar-refractivity contribution in [2.24, 2.45) is 4.99 Å². The van der Waals surface area contributed by atoms with Crippen LogP contribution in [0.2, 0.25) is 5.02 Å². The van der Waals surface area contributed by atoms with Gasteiger partial charge in [-0.25, -0.2) is 0 Å². The van der Waals surface area contributed by atoms with E-state index in [9.17, 15) is 4.79 Å². The van der Waals surface area contributed by atoms with Gasteiger partial charge in [-0.1, -0.05) is 29.8 Å². The van der Waals surface area contributed by atoms with Crippen molar-refractivity contribution < 1.29 is 9.53 Å². The summed E-state index contributed by atoms with van der Waals surface area (Å²) < 4.78 is 5.08. The molecule has 2 N–H and O–H groups in total. The van der Waals surface area contributed by atoms with Gasteiger partial charge >= 0.3 is 5.97 Å². The van der Waals surface area contributed by atoms with Gasteiger partial charge in [-0.15, -0.1) is 24.0 Å². The van der Waals surface area contributed by atoms with Gasteiger partial charge in [0.15, 0.2) is 5.96 Å². The summed E-state index contributed by atoms with van der Waals surface area (Å²) in [6, 6.07) is 7.79. The predicted octanol–water partition coefficient (Wildman–Crippen LogP) is 3.40. The van der Waals surface area contributed by atoms with E-state index in [-0.39, 0.29) is 42.5 Å². The number of ether oxygens (including phenoxy) is 1. The van der Waals surface area contributed by atoms with Gasteiger partial charge in [0, 0.05) is 18.1 Å². The smallest absolute Gasteiger partial charge is 0.307 e. The molecule has 0 aliphatic rings. The van der Waals surface area contributed by atoms with E-state index in [1.807, 2.05) is 45.0 Å². The van der Waals surface area contributed by atoms with Crippen molar-refractivity contribution >= 4 is 47.5 Å². The molecule has 1 aromatic rings. The Hall–Kier alpha value is -1.02. The van der Waals surface area contributed by atoms with Gasteiger partial charge in [-0.3, -0.25) is 9.79 Å². The molecule has 0 aromatic heterocycles. The van der Waals surface area contributed by atoms with Gasteiger partial charge in [-0.2, -0.15) is 0 Å². The van der Waals surface area contributed by atoms with Crippen molar-refractivity contribution in [2.75, 3.05) is 19.6 Å². The van der Waals surface area contributed by atoms with E-state index in [2.05, 4.69) is 15.6 Å². The van der Waals surface area contributed by atoms with Crippen LogP contribution >= 0.6 is 35.6 Å². The molecule has 136 valence electrons. The summed E-state index contributed by atoms with van der Waals surface area (Å²) in [5.74, 6) is 0.465. The van der Waals surface area contributed by atoms with Crippen LogP contribution in [0.3, 0.4) is 0 Å². The molecule has 0 aliphatic carbocycles. The highest BCUT2D eigenvalue weighted by atomic mass is 127. The molecule has 0 saturated carbocycles. The Morgan fingerprint density at radius 1 is 1.29 bits per heavy atom. The molecule has 0 amide bonds. The number of nitrogens with zero attached hydrogens (tertiary/aromatic N) is 1. The minimum absolute atomic E-state index is 0. The molecule has 5 nitrogen and oxygen atoms in total. The van der Waals surface area contributed by atoms with E-state index in [1.165, 1.54) is 0 Å². The van der Waals surface area contributed by atoms with Crippen molar-refractivity contribution in [1.29, 1.82) is 0 Å². The summed E-state index contributed by atoms with van der Waals surface area (Å²) >= 11 is 6.14. The molecule has 0 aliphatic heterocycles. The van der Waals surface area contributed by atoms with Crippen LogP contribution in [0.4, 0.5) is 0 Å². The van der Waals surface area contributed by atoms with E-state index < -0.39 is 0 Å². The molecule has 7 heteroatoms. The standard InChI is InChI=1S/C17H26ClN3O2.HI/c1-4-19-17(21-12-10-16(22)23-13(2)3)20-11-9-14-7-5-6-8-15(14)18;/h5-8,13H,4,9-12H2,1-3H3,(H2,19,20,21);1H. The van der Waals surface area contributed by atoms with Gasteiger partial charge in [0.25, 0.3) is 0 Å². The Kier molecular flexibility index (Phi) is 12.7. The number of nitrogens with one attached hydrogen (secondary N) is 2. The Bertz CT molecular complexity index is 524. The fourth-order valence-electron chi connectivity index (χ4n) is 1.94. The van der Waals surface area contributed by atoms with Crippen molar-refractivity contribution in [3.8, 4) is 0 Å². The number of rotatable bonds is 8. The molecule has 0 unspecified atom stereocenters. The second kappa shape index (κ2) is 13.3. The molecule has 0 saturated heterocycles. The largest absolute Gasteiger partial charge is 0.463 e. The van der Waals surface area contributed by atoms with Crippen molar-refractivity contribution in [3.63, 3.8) is 0 Å². The lowest BCUT2D eigenvalue weighted by atomic mass is 10.1. The first kappa shape index (κ1) is 23.0. The third-order valence-electron chi connectivity index (χ3n) is 2.94. The Labute approximate surface area is 166 Å². The zero-order valence-corrected chi connectivity index (χ0v) is 17.6. The summed E-state index contributed by atoms with van der Waals surface area (Å²) in [5.41, 5.74) is 1.10. The number of esters is 1. The van der Waals surface area contributed by atoms with Crippen molar-refractivity contribution in [3.05, 3.63) is 34.9 Å². The zero-order valence-electron chi connectivity index (χ0n) is 14.5. The number of hydrogen-bond donors (Lipinski definition) is 2. The molecule has 24 heavy (non-hydrogen) atoms. The van der Waals surface area contributed by atoms with E-state index in [0.29, 0.717) is 19.0 Å². The quantitative estimate of drug-likeness (QED) is 0.266. The molecular formula is C17H27ClIN3O2. The lowest BCUT2D eigenvalue weighted by Crippen LogP contribution is -2.38. The number of hydrogen-bond acceptors (Lipinski definition) is 3. The minimum Gasteiger partial charge on any atom is -0.463 e. The van der Waals surface area contributed by atoms with Crippen LogP contribution in [0.25, 0.3) is 0 Å². The van der Waals surface area contributed by atoms with Crippen LogP contribution in [0.5, 0.6) is 0 Å². The van der Waals surface area contributed by atoms with Crippen LogP contribution in [-0.4, -0.2) is 37.7 Å². The summed E-state index contributed by atoms with van der Waals surface area (Å²) in [6.07, 6.45) is 0.993. The summed E-state index contributed by atoms with van der Waals surface area (Å²) in [6.45, 7) is 7.54. The zero-order chi connectivity index (χ0) is 17.1. The normalized spacial score (nSPS) is 11.0. The first-order chi connectivity index (χ1) is 11.0. The molecule has 0 atom stereocenters. The molecular weight excluding hydrogens is 441 g/mol. The van der Waals surface area contributed by atoms with Crippen molar-refractivity contribution in [1.82, 2.24) is 10.6 Å². The Morgan fingerprint density at radius 3 is 2.62 bits per heavy atom. The number of halogens is 2. The first-order valence-corrected chi connectivity index (χ1v) is 8.35. The van der Waals surface area contributed by atoms with E-state index in [4.69, 9.17) is 16.3 Å². The van der Waals surface area contributed by atoms with Gasteiger partial charge in [0.05, 0.1) is 19.1 Å². The fourth-order valence-corrected chi connectivity index (χ4v) is 2.17. The van der Waals surface area contributed by atoms with Crippen LogP contribution in [0.15, 0.2) is 29.3 Å². The first-order valence-electron chi connectivity index (χ1n) is 7.98. The van der Waals surface area contributed by atoms with Gasteiger partial charge in [0.1, 0.15) is 0 Å². The minimum atomic E-state index is -0.226. The number of carbonyl (C=O) groups is 1. The van der Waals surface area contributed by atoms with Crippen LogP contribution in [-0.2, 0) is 16.0 Å². The summed E-state index contributed by atoms with van der Waals surface area (Å²) in [5, 5.41) is 7.16. The number of benzene rings is 1. The molecule has 0 radical (unpaired) electrons. The van der Waals surface area contributed by atoms with Crippen molar-refractivity contribution in [2.45, 2.75) is 39.7 Å². The van der Waals surface area contributed by atoms with Gasteiger partial charge < -0.3 is 15.4 Å². The van der Waals surface area contributed by atoms with Crippen LogP contribution < -0.4 is 10.6 Å². The van der Waals surface area contributed by atoms with Gasteiger partial charge in [0.2, 0.25) is 0 Å². The molecule has 0 bridgehead atoms. The van der Waals surface area contributed by atoms with Crippen LogP contribution in [0, 0.1) is 0 Å². The molecule has 1 rings (SSSR count). The summed E-state index contributed by atoms with van der Waals surface area (Å²) in [4.78, 5) is 15.9. The molecule has 0 spiro atoms. The maximum atomic E-state index is 11.5. The number of guanidine groups is 1. The van der Waals surface area contributed by atoms with E-state index in [0.717, 1.165) is 23.6 Å². The maximum Gasteiger partial charge on any atom is 0.307 e. The molecule has 0 fully saturated rings. The monoisotopic (exact) mass is 467 g/mol. The SMILES string of the molecule is CCNC(=NCCC(=O)OC(C)C)NCCc1ccccc1Cl.I. The fraction of sp³-hybridized carbons (Fsp3) is 0.529. The molecule has 0 heterocycles. The van der Waals surface area contributed by atoms with Crippen LogP contribution in [0.1, 0.15) is 32.8 Å². The lowest BCUT2D eigenvalue weighted by molar-refractivity contribution is -0.147. The number of carbonyl (C=O) groups excluding carboxylic acids is 1.